The highest BCUT2D eigenvalue weighted by atomic mass is 32.2. The quantitative estimate of drug-likeness (QED) is 0.587. The van der Waals surface area contributed by atoms with E-state index in [1.165, 1.54) is 18.9 Å². The average Bonchev–Trinajstić information content (AvgIpc) is 2.25. The van der Waals surface area contributed by atoms with Crippen LogP contribution in [0.5, 0.6) is 0 Å². The lowest BCUT2D eigenvalue weighted by Crippen LogP contribution is -2.17. The van der Waals surface area contributed by atoms with E-state index in [9.17, 15) is 9.90 Å². The van der Waals surface area contributed by atoms with Crippen molar-refractivity contribution in [1.29, 1.82) is 0 Å². The van der Waals surface area contributed by atoms with Crippen LogP contribution in [0, 0.1) is 13.8 Å². The Kier molecular flexibility index (Phi) is 5.52. The second kappa shape index (κ2) is 6.67. The first kappa shape index (κ1) is 14.9. The molecule has 0 aliphatic rings. The fraction of sp³-hybridized carbons (Fsp3) is 0.545. The van der Waals surface area contributed by atoms with E-state index in [1.807, 2.05) is 0 Å². The van der Waals surface area contributed by atoms with Crippen LogP contribution in [-0.2, 0) is 4.74 Å². The first-order chi connectivity index (χ1) is 8.45. The molecule has 2 N–H and O–H groups in total. The molecule has 1 atom stereocenters. The fourth-order valence-electron chi connectivity index (χ4n) is 1.45. The van der Waals surface area contributed by atoms with E-state index in [1.54, 1.807) is 13.8 Å². The molecule has 6 nitrogen and oxygen atoms in total. The molecule has 0 bridgehead atoms. The van der Waals surface area contributed by atoms with E-state index in [4.69, 9.17) is 9.84 Å². The molecule has 0 aromatic carbocycles. The number of hydrogen-bond acceptors (Lipinski definition) is 6. The summed E-state index contributed by atoms with van der Waals surface area (Å²) in [7, 11) is 1.50. The summed E-state index contributed by atoms with van der Waals surface area (Å²) in [4.78, 5) is 19.3. The van der Waals surface area contributed by atoms with Crippen molar-refractivity contribution in [2.45, 2.75) is 25.0 Å². The van der Waals surface area contributed by atoms with Crippen molar-refractivity contribution in [1.82, 2.24) is 9.97 Å². The van der Waals surface area contributed by atoms with Crippen LogP contribution in [0.4, 0.5) is 0 Å². The molecule has 0 saturated carbocycles. The van der Waals surface area contributed by atoms with E-state index in [0.29, 0.717) is 22.3 Å². The Labute approximate surface area is 109 Å². The van der Waals surface area contributed by atoms with Crippen molar-refractivity contribution in [2.75, 3.05) is 19.5 Å². The molecule has 7 heteroatoms. The predicted octanol–water partition coefficient (Wildman–Crippen LogP) is 0.891. The normalized spacial score (nSPS) is 12.4. The van der Waals surface area contributed by atoms with Crippen LogP contribution < -0.4 is 0 Å². The second-order valence-electron chi connectivity index (χ2n) is 3.76. The lowest BCUT2D eigenvalue weighted by atomic mass is 10.2. The highest BCUT2D eigenvalue weighted by molar-refractivity contribution is 7.99. The van der Waals surface area contributed by atoms with Gasteiger partial charge in [0.1, 0.15) is 16.4 Å². The number of aliphatic hydroxyl groups excluding tert-OH is 1. The summed E-state index contributed by atoms with van der Waals surface area (Å²) in [5, 5.41) is 19.0. The van der Waals surface area contributed by atoms with Gasteiger partial charge in [-0.05, 0) is 13.8 Å². The zero-order chi connectivity index (χ0) is 13.7. The minimum atomic E-state index is -1.06. The van der Waals surface area contributed by atoms with Gasteiger partial charge in [-0.3, -0.25) is 0 Å². The van der Waals surface area contributed by atoms with Gasteiger partial charge in [-0.15, -0.1) is 11.8 Å². The second-order valence-corrected chi connectivity index (χ2v) is 4.77. The van der Waals surface area contributed by atoms with E-state index < -0.39 is 12.1 Å². The highest BCUT2D eigenvalue weighted by Crippen LogP contribution is 2.23. The number of hydrogen-bond donors (Lipinski definition) is 2. The van der Waals surface area contributed by atoms with Crippen LogP contribution >= 0.6 is 11.8 Å². The van der Waals surface area contributed by atoms with Gasteiger partial charge in [-0.25, -0.2) is 14.8 Å². The van der Waals surface area contributed by atoms with Gasteiger partial charge in [0, 0.05) is 12.9 Å². The summed E-state index contributed by atoms with van der Waals surface area (Å²) in [5.41, 5.74) is 0.522. The highest BCUT2D eigenvalue weighted by Gasteiger charge is 2.18. The Hall–Kier alpha value is -1.18. The minimum Gasteiger partial charge on any atom is -0.478 e. The summed E-state index contributed by atoms with van der Waals surface area (Å²) in [6.45, 7) is 3.54. The van der Waals surface area contributed by atoms with Crippen LogP contribution in [0.2, 0.25) is 0 Å². The molecule has 0 spiro atoms. The average molecular weight is 272 g/mol. The number of carboxylic acids is 1. The van der Waals surface area contributed by atoms with Gasteiger partial charge in [-0.1, -0.05) is 0 Å². The molecule has 0 radical (unpaired) electrons. The number of aromatic carboxylic acids is 1. The van der Waals surface area contributed by atoms with Gasteiger partial charge in [0.15, 0.2) is 0 Å². The molecule has 0 fully saturated rings. The largest absolute Gasteiger partial charge is 0.478 e. The number of ether oxygens (including phenoxy) is 1. The van der Waals surface area contributed by atoms with Gasteiger partial charge in [0.2, 0.25) is 0 Å². The van der Waals surface area contributed by atoms with E-state index in [0.717, 1.165) is 0 Å². The molecular formula is C11H16N2O4S. The third kappa shape index (κ3) is 3.94. The van der Waals surface area contributed by atoms with Crippen molar-refractivity contribution < 1.29 is 19.7 Å². The number of aromatic nitrogens is 2. The monoisotopic (exact) mass is 272 g/mol. The Morgan fingerprint density at radius 1 is 1.44 bits per heavy atom. The molecule has 18 heavy (non-hydrogen) atoms. The number of nitrogens with zero attached hydrogens (tertiary/aromatic N) is 2. The van der Waals surface area contributed by atoms with Crippen molar-refractivity contribution in [3.05, 3.63) is 17.1 Å². The third-order valence-electron chi connectivity index (χ3n) is 2.15. The first-order valence-electron chi connectivity index (χ1n) is 5.34. The lowest BCUT2D eigenvalue weighted by Gasteiger charge is -2.11. The van der Waals surface area contributed by atoms with Gasteiger partial charge in [0.25, 0.3) is 0 Å². The maximum absolute atomic E-state index is 11.1. The number of aryl methyl sites for hydroxylation is 2. The molecule has 1 unspecified atom stereocenters. The molecule has 100 valence electrons. The summed E-state index contributed by atoms with van der Waals surface area (Å²) < 4.78 is 4.80. The smallest absolute Gasteiger partial charge is 0.340 e. The Morgan fingerprint density at radius 3 is 2.67 bits per heavy atom. The van der Waals surface area contributed by atoms with Crippen molar-refractivity contribution >= 4 is 17.7 Å². The summed E-state index contributed by atoms with van der Waals surface area (Å²) in [6, 6.07) is 0. The predicted molar refractivity (Wildman–Crippen MR) is 67.1 cm³/mol. The Balaban J connectivity index is 2.90. The van der Waals surface area contributed by atoms with Crippen LogP contribution in [-0.4, -0.2) is 51.7 Å². The molecule has 1 heterocycles. The molecular weight excluding hydrogens is 256 g/mol. The lowest BCUT2D eigenvalue weighted by molar-refractivity contribution is 0.0690. The maximum Gasteiger partial charge on any atom is 0.340 e. The van der Waals surface area contributed by atoms with Crippen molar-refractivity contribution in [3.8, 4) is 0 Å². The first-order valence-corrected chi connectivity index (χ1v) is 6.32. The standard InChI is InChI=1S/C11H16N2O4S/c1-6-9(11(15)16)10(13-7(2)12-6)18-5-8(14)4-17-3/h8,14H,4-5H2,1-3H3,(H,15,16). The third-order valence-corrected chi connectivity index (χ3v) is 3.27. The topological polar surface area (TPSA) is 92.5 Å². The zero-order valence-corrected chi connectivity index (χ0v) is 11.3. The van der Waals surface area contributed by atoms with Gasteiger partial charge < -0.3 is 14.9 Å². The minimum absolute atomic E-state index is 0.0928. The number of thioether (sulfide) groups is 1. The molecule has 0 aliphatic heterocycles. The van der Waals surface area contributed by atoms with Gasteiger partial charge in [-0.2, -0.15) is 0 Å². The van der Waals surface area contributed by atoms with Crippen LogP contribution in [0.15, 0.2) is 5.03 Å². The van der Waals surface area contributed by atoms with E-state index >= 15 is 0 Å². The van der Waals surface area contributed by atoms with E-state index in [2.05, 4.69) is 9.97 Å². The van der Waals surface area contributed by atoms with Gasteiger partial charge >= 0.3 is 5.97 Å². The van der Waals surface area contributed by atoms with Crippen LogP contribution in [0.1, 0.15) is 21.9 Å². The molecule has 0 amide bonds. The maximum atomic E-state index is 11.1. The number of carbonyl (C=O) groups is 1. The molecule has 0 saturated heterocycles. The number of methoxy groups -OCH3 is 1. The molecule has 1 rings (SSSR count). The van der Waals surface area contributed by atoms with Crippen LogP contribution in [0.25, 0.3) is 0 Å². The summed E-state index contributed by atoms with van der Waals surface area (Å²) in [5.74, 6) is -0.221. The summed E-state index contributed by atoms with van der Waals surface area (Å²) in [6.07, 6.45) is -0.655. The Bertz CT molecular complexity index is 439. The number of carboxylic acid groups (broad SMARTS) is 1. The fourth-order valence-corrected chi connectivity index (χ4v) is 2.47. The van der Waals surface area contributed by atoms with Crippen molar-refractivity contribution in [3.63, 3.8) is 0 Å². The van der Waals surface area contributed by atoms with Gasteiger partial charge in [0.05, 0.1) is 18.4 Å². The number of rotatable bonds is 6. The summed E-state index contributed by atoms with van der Waals surface area (Å²) >= 11 is 1.19. The molecule has 1 aromatic rings. The van der Waals surface area contributed by atoms with Crippen molar-refractivity contribution in [2.24, 2.45) is 0 Å². The zero-order valence-electron chi connectivity index (χ0n) is 10.5. The van der Waals surface area contributed by atoms with E-state index in [-0.39, 0.29) is 12.2 Å². The number of aliphatic hydroxyl groups is 1. The SMILES string of the molecule is COCC(O)CSc1nc(C)nc(C)c1C(=O)O. The molecule has 0 aliphatic carbocycles. The Morgan fingerprint density at radius 2 is 2.11 bits per heavy atom. The van der Waals surface area contributed by atoms with Crippen LogP contribution in [0.3, 0.4) is 0 Å². The molecule has 1 aromatic heterocycles.